The highest BCUT2D eigenvalue weighted by Crippen LogP contribution is 2.50. The lowest BCUT2D eigenvalue weighted by molar-refractivity contribution is -0.140. The molecule has 4 aromatic carbocycles. The van der Waals surface area contributed by atoms with E-state index in [-0.39, 0.29) is 5.91 Å². The molecule has 0 unspecified atom stereocenters. The van der Waals surface area contributed by atoms with Crippen molar-refractivity contribution in [1.82, 2.24) is 9.97 Å². The molecule has 0 saturated heterocycles. The zero-order valence-electron chi connectivity index (χ0n) is 28.0. The first kappa shape index (κ1) is 35.8. The molecule has 2 fully saturated rings. The van der Waals surface area contributed by atoms with Gasteiger partial charge in [0, 0.05) is 10.8 Å². The van der Waals surface area contributed by atoms with Crippen LogP contribution in [0.25, 0.3) is 21.5 Å². The number of nitrogens with zero attached hydrogens (tertiary/aromatic N) is 2. The molecular formula is C40H36Br2N4O5. The quantitative estimate of drug-likeness (QED) is 0.136. The van der Waals surface area contributed by atoms with Gasteiger partial charge in [-0.1, -0.05) is 72.8 Å². The molecule has 2 aliphatic rings. The van der Waals surface area contributed by atoms with Crippen molar-refractivity contribution in [2.24, 2.45) is 0 Å². The van der Waals surface area contributed by atoms with E-state index in [1.807, 2.05) is 97.1 Å². The maximum atomic E-state index is 12.9. The fourth-order valence-electron chi connectivity index (χ4n) is 5.98. The number of aliphatic carboxylic acids is 1. The minimum absolute atomic E-state index is 0.00709. The van der Waals surface area contributed by atoms with Crippen molar-refractivity contribution in [3.05, 3.63) is 130 Å². The average molecular weight is 813 g/mol. The first-order chi connectivity index (χ1) is 24.6. The Labute approximate surface area is 312 Å². The number of rotatable bonds is 7. The standard InChI is InChI=1S/C20H17BrN2O2.C11H12O3.C9H7BrN2/c1-25-15-8-6-14(7-9-15)20(10-11-20)19(24)23-17-12-13-4-2-3-5-16(13)18(21)22-17;1-14-9-4-2-8(3-5-9)11(6-7-11)10(12)13;10-9-7-4-2-1-3-6(7)5-8(11)12-9/h2-9,12H,10-11H2,1H3,(H,22,23,24);2-5H,6-7H2,1H3,(H,12,13);1-5H,(H2,11,12). The number of carbonyl (C=O) groups excluding carboxylic acids is 1. The van der Waals surface area contributed by atoms with E-state index >= 15 is 0 Å². The minimum atomic E-state index is -0.720. The van der Waals surface area contributed by atoms with E-state index in [4.69, 9.17) is 20.3 Å². The molecule has 2 heterocycles. The van der Waals surface area contributed by atoms with Crippen molar-refractivity contribution in [2.75, 3.05) is 25.3 Å². The van der Waals surface area contributed by atoms with Crippen molar-refractivity contribution in [3.63, 3.8) is 0 Å². The number of hydrogen-bond acceptors (Lipinski definition) is 7. The van der Waals surface area contributed by atoms with Gasteiger partial charge in [0.15, 0.2) is 0 Å². The lowest BCUT2D eigenvalue weighted by Crippen LogP contribution is -2.28. The van der Waals surface area contributed by atoms with Crippen LogP contribution in [0.1, 0.15) is 36.8 Å². The fourth-order valence-corrected chi connectivity index (χ4v) is 7.09. The van der Waals surface area contributed by atoms with Gasteiger partial charge in [-0.05, 0) is 116 Å². The van der Waals surface area contributed by atoms with E-state index in [0.717, 1.165) is 79.1 Å². The number of anilines is 2. The summed E-state index contributed by atoms with van der Waals surface area (Å²) in [4.78, 5) is 32.5. The third kappa shape index (κ3) is 7.84. The van der Waals surface area contributed by atoms with Crippen molar-refractivity contribution >= 4 is 76.9 Å². The van der Waals surface area contributed by atoms with Crippen LogP contribution in [0.4, 0.5) is 11.6 Å². The number of amides is 1. The largest absolute Gasteiger partial charge is 0.497 e. The van der Waals surface area contributed by atoms with Crippen LogP contribution >= 0.6 is 31.9 Å². The number of fused-ring (bicyclic) bond motifs is 2. The molecule has 2 saturated carbocycles. The lowest BCUT2D eigenvalue weighted by Gasteiger charge is -2.16. The Morgan fingerprint density at radius 2 is 1.14 bits per heavy atom. The van der Waals surface area contributed by atoms with Crippen LogP contribution in [0, 0.1) is 0 Å². The number of nitrogens with two attached hydrogens (primary N) is 1. The van der Waals surface area contributed by atoms with Crippen LogP contribution in [-0.2, 0) is 20.4 Å². The predicted molar refractivity (Wildman–Crippen MR) is 207 cm³/mol. The molecule has 0 atom stereocenters. The highest BCUT2D eigenvalue weighted by Gasteiger charge is 2.52. The van der Waals surface area contributed by atoms with E-state index < -0.39 is 16.8 Å². The second-order valence-corrected chi connectivity index (χ2v) is 14.0. The van der Waals surface area contributed by atoms with Gasteiger partial charge in [-0.3, -0.25) is 9.59 Å². The number of carbonyl (C=O) groups is 2. The predicted octanol–water partition coefficient (Wildman–Crippen LogP) is 9.07. The minimum Gasteiger partial charge on any atom is -0.497 e. The zero-order chi connectivity index (χ0) is 36.2. The summed E-state index contributed by atoms with van der Waals surface area (Å²) in [5.41, 5.74) is 6.43. The molecule has 9 nitrogen and oxygen atoms in total. The van der Waals surface area contributed by atoms with Gasteiger partial charge in [0.1, 0.15) is 32.3 Å². The van der Waals surface area contributed by atoms with Gasteiger partial charge in [-0.15, -0.1) is 0 Å². The number of aromatic nitrogens is 2. The molecule has 0 aliphatic heterocycles. The molecule has 6 aromatic rings. The number of methoxy groups -OCH3 is 2. The Hall–Kier alpha value is -5.00. The summed E-state index contributed by atoms with van der Waals surface area (Å²) in [6, 6.07) is 34.7. The summed E-state index contributed by atoms with van der Waals surface area (Å²) < 4.78 is 11.7. The molecule has 1 amide bonds. The van der Waals surface area contributed by atoms with Crippen molar-refractivity contribution < 1.29 is 24.2 Å². The molecule has 0 radical (unpaired) electrons. The molecule has 2 aromatic heterocycles. The Kier molecular flexibility index (Phi) is 10.6. The van der Waals surface area contributed by atoms with Gasteiger partial charge in [0.25, 0.3) is 0 Å². The Morgan fingerprint density at radius 1 is 0.686 bits per heavy atom. The summed E-state index contributed by atoms with van der Waals surface area (Å²) in [5, 5.41) is 16.3. The smallest absolute Gasteiger partial charge is 0.314 e. The number of benzene rings is 4. The lowest BCUT2D eigenvalue weighted by atomic mass is 9.95. The summed E-state index contributed by atoms with van der Waals surface area (Å²) >= 11 is 6.84. The van der Waals surface area contributed by atoms with Crippen molar-refractivity contribution in [3.8, 4) is 11.5 Å². The Morgan fingerprint density at radius 3 is 1.61 bits per heavy atom. The molecule has 260 valence electrons. The van der Waals surface area contributed by atoms with E-state index in [2.05, 4.69) is 47.1 Å². The Balaban J connectivity index is 0.000000145. The number of nitrogen functional groups attached to an aromatic ring is 1. The van der Waals surface area contributed by atoms with Gasteiger partial charge in [-0.2, -0.15) is 0 Å². The third-order valence-corrected chi connectivity index (χ3v) is 10.5. The SMILES string of the molecule is COc1ccc(C2(C(=O)Nc3cc4ccccc4c(Br)n3)CC2)cc1.COc1ccc(C2(C(=O)O)CC2)cc1.Nc1cc2ccccc2c(Br)n1. The van der Waals surface area contributed by atoms with Gasteiger partial charge >= 0.3 is 5.97 Å². The number of pyridine rings is 2. The van der Waals surface area contributed by atoms with E-state index in [1.165, 1.54) is 0 Å². The van der Waals surface area contributed by atoms with Gasteiger partial charge in [-0.25, -0.2) is 9.97 Å². The molecule has 11 heteroatoms. The van der Waals surface area contributed by atoms with Crippen LogP contribution in [0.3, 0.4) is 0 Å². The average Bonchev–Trinajstić information content (AvgIpc) is 4.08. The highest BCUT2D eigenvalue weighted by atomic mass is 79.9. The van der Waals surface area contributed by atoms with Gasteiger partial charge in [0.2, 0.25) is 5.91 Å². The highest BCUT2D eigenvalue weighted by molar-refractivity contribution is 9.10. The van der Waals surface area contributed by atoms with Crippen LogP contribution < -0.4 is 20.5 Å². The number of hydrogen-bond donors (Lipinski definition) is 3. The van der Waals surface area contributed by atoms with Crippen LogP contribution in [0.2, 0.25) is 0 Å². The summed E-state index contributed by atoms with van der Waals surface area (Å²) in [6.45, 7) is 0. The van der Waals surface area contributed by atoms with E-state index in [1.54, 1.807) is 26.4 Å². The second-order valence-electron chi connectivity index (χ2n) is 12.5. The summed E-state index contributed by atoms with van der Waals surface area (Å²) in [6.07, 6.45) is 3.18. The molecular weight excluding hydrogens is 776 g/mol. The van der Waals surface area contributed by atoms with E-state index in [9.17, 15) is 9.59 Å². The third-order valence-electron chi connectivity index (χ3n) is 9.28. The van der Waals surface area contributed by atoms with Crippen LogP contribution in [0.15, 0.2) is 118 Å². The monoisotopic (exact) mass is 810 g/mol. The van der Waals surface area contributed by atoms with Crippen molar-refractivity contribution in [1.29, 1.82) is 0 Å². The number of ether oxygens (including phenoxy) is 2. The number of halogens is 2. The molecule has 4 N–H and O–H groups in total. The van der Waals surface area contributed by atoms with Gasteiger partial charge in [0.05, 0.1) is 25.0 Å². The topological polar surface area (TPSA) is 137 Å². The number of carboxylic acid groups (broad SMARTS) is 1. The first-order valence-electron chi connectivity index (χ1n) is 16.3. The maximum absolute atomic E-state index is 12.9. The summed E-state index contributed by atoms with van der Waals surface area (Å²) in [5.74, 6) is 1.93. The van der Waals surface area contributed by atoms with Gasteiger partial charge < -0.3 is 25.6 Å². The number of nitrogens with one attached hydrogen (secondary N) is 1. The van der Waals surface area contributed by atoms with Crippen LogP contribution in [0.5, 0.6) is 11.5 Å². The normalized spacial score (nSPS) is 14.6. The maximum Gasteiger partial charge on any atom is 0.314 e. The molecule has 51 heavy (non-hydrogen) atoms. The van der Waals surface area contributed by atoms with Crippen LogP contribution in [-0.4, -0.2) is 41.2 Å². The van der Waals surface area contributed by atoms with Crippen molar-refractivity contribution in [2.45, 2.75) is 36.5 Å². The molecule has 2 aliphatic carbocycles. The molecule has 0 spiro atoms. The Bertz CT molecular complexity index is 2200. The number of carboxylic acids is 1. The summed E-state index contributed by atoms with van der Waals surface area (Å²) in [7, 11) is 3.23. The molecule has 8 rings (SSSR count). The zero-order valence-corrected chi connectivity index (χ0v) is 31.2. The second kappa shape index (κ2) is 15.1. The molecule has 0 bridgehead atoms. The first-order valence-corrected chi connectivity index (χ1v) is 17.9. The van der Waals surface area contributed by atoms with E-state index in [0.29, 0.717) is 11.6 Å². The fraction of sp³-hybridized carbons (Fsp3) is 0.200.